The molecule has 0 saturated carbocycles. The third-order valence-corrected chi connectivity index (χ3v) is 3.72. The summed E-state index contributed by atoms with van der Waals surface area (Å²) in [6.07, 6.45) is 2.88. The average Bonchev–Trinajstić information content (AvgIpc) is 2.52. The first-order valence-electron chi connectivity index (χ1n) is 7.95. The fourth-order valence-electron chi connectivity index (χ4n) is 2.75. The number of hydrogen-bond donors (Lipinski definition) is 1. The predicted molar refractivity (Wildman–Crippen MR) is 96.8 cm³/mol. The molecule has 5 heteroatoms. The standard InChI is InChI=1S/C20H23NO4/c1-13-10-11-21-18(17(13)20(2,3)4)25-16-9-7-6-8-14(16)15(12-24-5)19(22)23/h6-12H,1-5H3,(H,22,23)/b15-12+. The maximum absolute atomic E-state index is 11.6. The van der Waals surface area contributed by atoms with Gasteiger partial charge in [-0.25, -0.2) is 9.78 Å². The lowest BCUT2D eigenvalue weighted by Crippen LogP contribution is -2.15. The van der Waals surface area contributed by atoms with Crippen molar-refractivity contribution in [3.05, 3.63) is 59.5 Å². The second-order valence-corrected chi connectivity index (χ2v) is 6.73. The van der Waals surface area contributed by atoms with Crippen LogP contribution in [0.2, 0.25) is 0 Å². The van der Waals surface area contributed by atoms with Crippen LogP contribution in [0.4, 0.5) is 0 Å². The zero-order valence-electron chi connectivity index (χ0n) is 15.2. The number of methoxy groups -OCH3 is 1. The van der Waals surface area contributed by atoms with E-state index in [0.29, 0.717) is 17.2 Å². The van der Waals surface area contributed by atoms with E-state index >= 15 is 0 Å². The highest BCUT2D eigenvalue weighted by Gasteiger charge is 2.24. The highest BCUT2D eigenvalue weighted by Crippen LogP contribution is 2.37. The Morgan fingerprint density at radius 1 is 1.20 bits per heavy atom. The summed E-state index contributed by atoms with van der Waals surface area (Å²) in [5.41, 5.74) is 2.34. The lowest BCUT2D eigenvalue weighted by atomic mass is 9.85. The number of carboxylic acids is 1. The van der Waals surface area contributed by atoms with E-state index in [-0.39, 0.29) is 11.0 Å². The Morgan fingerprint density at radius 2 is 1.88 bits per heavy atom. The number of aromatic nitrogens is 1. The van der Waals surface area contributed by atoms with Gasteiger partial charge in [-0.15, -0.1) is 0 Å². The monoisotopic (exact) mass is 341 g/mol. The van der Waals surface area contributed by atoms with E-state index in [1.165, 1.54) is 13.4 Å². The van der Waals surface area contributed by atoms with Gasteiger partial charge in [0.2, 0.25) is 5.88 Å². The molecule has 0 saturated heterocycles. The summed E-state index contributed by atoms with van der Waals surface area (Å²) in [6.45, 7) is 8.27. The van der Waals surface area contributed by atoms with Crippen molar-refractivity contribution in [2.45, 2.75) is 33.1 Å². The Morgan fingerprint density at radius 3 is 2.48 bits per heavy atom. The molecule has 0 aliphatic carbocycles. The van der Waals surface area contributed by atoms with Gasteiger partial charge in [0.15, 0.2) is 0 Å². The average molecular weight is 341 g/mol. The molecule has 0 aliphatic heterocycles. The minimum absolute atomic E-state index is 0.0167. The minimum atomic E-state index is -1.09. The summed E-state index contributed by atoms with van der Waals surface area (Å²) in [5, 5.41) is 9.46. The molecule has 132 valence electrons. The van der Waals surface area contributed by atoms with Crippen LogP contribution in [-0.2, 0) is 14.9 Å². The first-order valence-corrected chi connectivity index (χ1v) is 7.95. The van der Waals surface area contributed by atoms with E-state index in [9.17, 15) is 9.90 Å². The van der Waals surface area contributed by atoms with Crippen LogP contribution in [-0.4, -0.2) is 23.2 Å². The Hall–Kier alpha value is -2.82. The number of pyridine rings is 1. The molecule has 25 heavy (non-hydrogen) atoms. The van der Waals surface area contributed by atoms with Crippen molar-refractivity contribution >= 4 is 11.5 Å². The van der Waals surface area contributed by atoms with Crippen LogP contribution in [0.5, 0.6) is 11.6 Å². The van der Waals surface area contributed by atoms with E-state index in [4.69, 9.17) is 9.47 Å². The van der Waals surface area contributed by atoms with Gasteiger partial charge in [-0.05, 0) is 30.0 Å². The summed E-state index contributed by atoms with van der Waals surface area (Å²) >= 11 is 0. The molecule has 2 aromatic rings. The molecule has 0 atom stereocenters. The third kappa shape index (κ3) is 4.18. The molecule has 0 aliphatic rings. The number of ether oxygens (including phenoxy) is 2. The number of aryl methyl sites for hydroxylation is 1. The van der Waals surface area contributed by atoms with Crippen molar-refractivity contribution in [2.24, 2.45) is 0 Å². The molecule has 0 radical (unpaired) electrons. The molecule has 1 aromatic heterocycles. The van der Waals surface area contributed by atoms with Crippen molar-refractivity contribution in [1.82, 2.24) is 4.98 Å². The molecule has 1 aromatic carbocycles. The maximum Gasteiger partial charge on any atom is 0.339 e. The molecule has 2 rings (SSSR count). The second-order valence-electron chi connectivity index (χ2n) is 6.73. The number of carboxylic acid groups (broad SMARTS) is 1. The van der Waals surface area contributed by atoms with Gasteiger partial charge in [-0.2, -0.15) is 0 Å². The van der Waals surface area contributed by atoms with Gasteiger partial charge < -0.3 is 14.6 Å². The van der Waals surface area contributed by atoms with Crippen LogP contribution < -0.4 is 4.74 Å². The number of carbonyl (C=O) groups is 1. The van der Waals surface area contributed by atoms with Crippen molar-refractivity contribution in [1.29, 1.82) is 0 Å². The highest BCUT2D eigenvalue weighted by molar-refractivity contribution is 6.15. The SMILES string of the molecule is CO/C=C(/C(=O)O)c1ccccc1Oc1nccc(C)c1C(C)(C)C. The summed E-state index contributed by atoms with van der Waals surface area (Å²) in [6, 6.07) is 8.88. The molecular formula is C20H23NO4. The molecular weight excluding hydrogens is 318 g/mol. The molecule has 0 amide bonds. The van der Waals surface area contributed by atoms with Crippen LogP contribution in [0.15, 0.2) is 42.8 Å². The Balaban J connectivity index is 2.56. The molecule has 0 fully saturated rings. The highest BCUT2D eigenvalue weighted by atomic mass is 16.5. The van der Waals surface area contributed by atoms with E-state index in [1.54, 1.807) is 30.5 Å². The van der Waals surface area contributed by atoms with E-state index in [0.717, 1.165) is 11.1 Å². The van der Waals surface area contributed by atoms with E-state index in [1.807, 2.05) is 13.0 Å². The first kappa shape index (κ1) is 18.5. The minimum Gasteiger partial charge on any atom is -0.503 e. The molecule has 0 bridgehead atoms. The number of nitrogens with zero attached hydrogens (tertiary/aromatic N) is 1. The van der Waals surface area contributed by atoms with Gasteiger partial charge in [0.05, 0.1) is 13.4 Å². The fourth-order valence-corrected chi connectivity index (χ4v) is 2.75. The lowest BCUT2D eigenvalue weighted by Gasteiger charge is -2.24. The van der Waals surface area contributed by atoms with Crippen molar-refractivity contribution in [3.63, 3.8) is 0 Å². The fraction of sp³-hybridized carbons (Fsp3) is 0.300. The molecule has 5 nitrogen and oxygen atoms in total. The van der Waals surface area contributed by atoms with Crippen molar-refractivity contribution in [2.75, 3.05) is 7.11 Å². The summed E-state index contributed by atoms with van der Waals surface area (Å²) in [7, 11) is 1.41. The molecule has 1 N–H and O–H groups in total. The topological polar surface area (TPSA) is 68.7 Å². The van der Waals surface area contributed by atoms with Gasteiger partial charge in [0.25, 0.3) is 0 Å². The van der Waals surface area contributed by atoms with Gasteiger partial charge in [-0.1, -0.05) is 39.0 Å². The third-order valence-electron chi connectivity index (χ3n) is 3.72. The number of rotatable bonds is 5. The number of para-hydroxylation sites is 1. The maximum atomic E-state index is 11.6. The normalized spacial score (nSPS) is 12.0. The Kier molecular flexibility index (Phi) is 5.47. The summed E-state index contributed by atoms with van der Waals surface area (Å²) in [4.78, 5) is 15.9. The Bertz CT molecular complexity index is 804. The number of aliphatic carboxylic acids is 1. The number of hydrogen-bond acceptors (Lipinski definition) is 4. The zero-order chi connectivity index (χ0) is 18.6. The number of benzene rings is 1. The molecule has 1 heterocycles. The van der Waals surface area contributed by atoms with Gasteiger partial charge in [0, 0.05) is 17.3 Å². The Labute approximate surface area is 147 Å². The second kappa shape index (κ2) is 7.38. The van der Waals surface area contributed by atoms with Crippen LogP contribution in [0.3, 0.4) is 0 Å². The predicted octanol–water partition coefficient (Wildman–Crippen LogP) is 4.55. The van der Waals surface area contributed by atoms with Crippen LogP contribution >= 0.6 is 0 Å². The summed E-state index contributed by atoms with van der Waals surface area (Å²) < 4.78 is 11.0. The molecule has 0 unspecified atom stereocenters. The van der Waals surface area contributed by atoms with Crippen LogP contribution in [0.1, 0.15) is 37.5 Å². The van der Waals surface area contributed by atoms with E-state index < -0.39 is 5.97 Å². The van der Waals surface area contributed by atoms with E-state index in [2.05, 4.69) is 25.8 Å². The molecule has 0 spiro atoms. The summed E-state index contributed by atoms with van der Waals surface area (Å²) in [5.74, 6) is -0.204. The quantitative estimate of drug-likeness (QED) is 0.638. The van der Waals surface area contributed by atoms with Crippen LogP contribution in [0.25, 0.3) is 5.57 Å². The van der Waals surface area contributed by atoms with Gasteiger partial charge >= 0.3 is 5.97 Å². The smallest absolute Gasteiger partial charge is 0.339 e. The largest absolute Gasteiger partial charge is 0.503 e. The van der Waals surface area contributed by atoms with Crippen LogP contribution in [0, 0.1) is 6.92 Å². The first-order chi connectivity index (χ1) is 11.8. The van der Waals surface area contributed by atoms with Crippen molar-refractivity contribution in [3.8, 4) is 11.6 Å². The van der Waals surface area contributed by atoms with Gasteiger partial charge in [-0.3, -0.25) is 0 Å². The lowest BCUT2D eigenvalue weighted by molar-refractivity contribution is -0.130. The van der Waals surface area contributed by atoms with Crippen molar-refractivity contribution < 1.29 is 19.4 Å². The van der Waals surface area contributed by atoms with Gasteiger partial charge in [0.1, 0.15) is 11.3 Å². The zero-order valence-corrected chi connectivity index (χ0v) is 15.2.